The molecule has 1 aromatic heterocycles. The molecule has 9 heteroatoms. The summed E-state index contributed by atoms with van der Waals surface area (Å²) in [5, 5.41) is 14.3. The van der Waals surface area contributed by atoms with Gasteiger partial charge in [-0.3, -0.25) is 4.79 Å². The van der Waals surface area contributed by atoms with Crippen molar-refractivity contribution in [2.45, 2.75) is 26.4 Å². The lowest BCUT2D eigenvalue weighted by atomic mass is 10.1. The minimum Gasteiger partial charge on any atom is -0.493 e. The van der Waals surface area contributed by atoms with Crippen LogP contribution in [0.25, 0.3) is 10.9 Å². The SMILES string of the molecule is COc1cc(C=Nn2c(C(C)C)nc3ccc(Br)cc3c2=O)cc(Br)c1OCc1ccccc1C#N. The number of hydrogen-bond acceptors (Lipinski definition) is 6. The second-order valence-electron chi connectivity index (χ2n) is 8.24. The Hall–Kier alpha value is -3.48. The third-order valence-corrected chi connectivity index (χ3v) is 6.52. The number of hydrogen-bond donors (Lipinski definition) is 0. The summed E-state index contributed by atoms with van der Waals surface area (Å²) in [6.45, 7) is 4.14. The molecule has 0 unspecified atom stereocenters. The minimum absolute atomic E-state index is 0.0174. The molecule has 0 aliphatic rings. The van der Waals surface area contributed by atoms with Gasteiger partial charge in [-0.1, -0.05) is 48.0 Å². The van der Waals surface area contributed by atoms with E-state index in [4.69, 9.17) is 9.47 Å². The molecule has 0 saturated carbocycles. The van der Waals surface area contributed by atoms with Crippen LogP contribution in [0.4, 0.5) is 0 Å². The van der Waals surface area contributed by atoms with Crippen LogP contribution in [0.3, 0.4) is 0 Å². The predicted molar refractivity (Wildman–Crippen MR) is 147 cm³/mol. The lowest BCUT2D eigenvalue weighted by Crippen LogP contribution is -2.23. The largest absolute Gasteiger partial charge is 0.493 e. The molecule has 0 fully saturated rings. The molecule has 1 heterocycles. The summed E-state index contributed by atoms with van der Waals surface area (Å²) in [6.07, 6.45) is 1.58. The Morgan fingerprint density at radius 3 is 2.67 bits per heavy atom. The molecule has 0 N–H and O–H groups in total. The van der Waals surface area contributed by atoms with Gasteiger partial charge in [0.05, 0.1) is 40.3 Å². The summed E-state index contributed by atoms with van der Waals surface area (Å²) in [5.74, 6) is 1.53. The van der Waals surface area contributed by atoms with E-state index in [1.807, 2.05) is 50.2 Å². The van der Waals surface area contributed by atoms with Crippen molar-refractivity contribution in [2.75, 3.05) is 7.11 Å². The van der Waals surface area contributed by atoms with Crippen molar-refractivity contribution < 1.29 is 9.47 Å². The predicted octanol–water partition coefficient (Wildman–Crippen LogP) is 6.39. The number of nitrogens with zero attached hydrogens (tertiary/aromatic N) is 4. The zero-order valence-electron chi connectivity index (χ0n) is 19.8. The highest BCUT2D eigenvalue weighted by atomic mass is 79.9. The molecule has 7 nitrogen and oxygen atoms in total. The zero-order valence-corrected chi connectivity index (χ0v) is 23.0. The summed E-state index contributed by atoms with van der Waals surface area (Å²) >= 11 is 6.97. The molecular weight excluding hydrogens is 588 g/mol. The molecule has 0 atom stereocenters. The molecule has 36 heavy (non-hydrogen) atoms. The number of halogens is 2. The quantitative estimate of drug-likeness (QED) is 0.227. The van der Waals surface area contributed by atoms with E-state index >= 15 is 0 Å². The fraction of sp³-hybridized carbons (Fsp3) is 0.185. The molecule has 0 radical (unpaired) electrons. The van der Waals surface area contributed by atoms with Gasteiger partial charge >= 0.3 is 0 Å². The van der Waals surface area contributed by atoms with E-state index in [9.17, 15) is 10.1 Å². The van der Waals surface area contributed by atoms with Crippen LogP contribution in [0.2, 0.25) is 0 Å². The number of aromatic nitrogens is 2. The Morgan fingerprint density at radius 1 is 1.17 bits per heavy atom. The Balaban J connectivity index is 1.69. The molecule has 0 aliphatic carbocycles. The van der Waals surface area contributed by atoms with Crippen LogP contribution >= 0.6 is 31.9 Å². The van der Waals surface area contributed by atoms with E-state index in [-0.39, 0.29) is 18.1 Å². The molecule has 0 bridgehead atoms. The van der Waals surface area contributed by atoms with Crippen molar-refractivity contribution in [1.29, 1.82) is 5.26 Å². The van der Waals surface area contributed by atoms with Crippen molar-refractivity contribution in [3.8, 4) is 17.6 Å². The van der Waals surface area contributed by atoms with E-state index in [0.29, 0.717) is 43.8 Å². The van der Waals surface area contributed by atoms with E-state index in [1.165, 1.54) is 4.68 Å². The van der Waals surface area contributed by atoms with Crippen LogP contribution in [-0.2, 0) is 6.61 Å². The van der Waals surface area contributed by atoms with Crippen molar-refractivity contribution in [3.05, 3.63) is 96.4 Å². The van der Waals surface area contributed by atoms with Crippen LogP contribution < -0.4 is 15.0 Å². The number of methoxy groups -OCH3 is 1. The lowest BCUT2D eigenvalue weighted by molar-refractivity contribution is 0.282. The minimum atomic E-state index is -0.247. The van der Waals surface area contributed by atoms with Gasteiger partial charge in [-0.2, -0.15) is 15.0 Å². The third-order valence-electron chi connectivity index (χ3n) is 5.43. The summed E-state index contributed by atoms with van der Waals surface area (Å²) in [4.78, 5) is 17.9. The summed E-state index contributed by atoms with van der Waals surface area (Å²) < 4.78 is 14.3. The van der Waals surface area contributed by atoms with Crippen molar-refractivity contribution >= 4 is 49.0 Å². The molecular formula is C27H22Br2N4O3. The molecule has 3 aromatic carbocycles. The van der Waals surface area contributed by atoms with Crippen LogP contribution in [0.5, 0.6) is 11.5 Å². The van der Waals surface area contributed by atoms with Gasteiger partial charge in [0, 0.05) is 16.0 Å². The van der Waals surface area contributed by atoms with Gasteiger partial charge in [-0.15, -0.1) is 0 Å². The average Bonchev–Trinajstić information content (AvgIpc) is 2.87. The number of rotatable bonds is 7. The molecule has 0 aliphatic heterocycles. The average molecular weight is 610 g/mol. The van der Waals surface area contributed by atoms with E-state index in [0.717, 1.165) is 10.0 Å². The molecule has 4 aromatic rings. The standard InChI is InChI=1S/C27H22Br2N4O3/c1-16(2)26-32-23-9-8-20(28)12-21(23)27(34)33(26)31-14-17-10-22(29)25(24(11-17)35-3)36-15-19-7-5-4-6-18(19)13-30/h4-12,14,16H,15H2,1-3H3. The highest BCUT2D eigenvalue weighted by Crippen LogP contribution is 2.37. The van der Waals surface area contributed by atoms with Crippen molar-refractivity contribution in [1.82, 2.24) is 9.66 Å². The fourth-order valence-corrected chi connectivity index (χ4v) is 4.57. The number of nitriles is 1. The molecule has 0 spiro atoms. The number of benzene rings is 3. The molecule has 182 valence electrons. The first-order chi connectivity index (χ1) is 17.3. The maximum absolute atomic E-state index is 13.3. The molecule has 0 amide bonds. The maximum Gasteiger partial charge on any atom is 0.282 e. The maximum atomic E-state index is 13.3. The summed E-state index contributed by atoms with van der Waals surface area (Å²) in [5.41, 5.74) is 2.40. The van der Waals surface area contributed by atoms with Crippen LogP contribution in [0, 0.1) is 11.3 Å². The summed E-state index contributed by atoms with van der Waals surface area (Å²) in [7, 11) is 1.55. The van der Waals surface area contributed by atoms with Gasteiger partial charge in [0.2, 0.25) is 0 Å². The Bertz CT molecular complexity index is 1570. The highest BCUT2D eigenvalue weighted by molar-refractivity contribution is 9.10. The van der Waals surface area contributed by atoms with Crippen molar-refractivity contribution in [3.63, 3.8) is 0 Å². The topological polar surface area (TPSA) is 89.5 Å². The van der Waals surface area contributed by atoms with Gasteiger partial charge in [0.25, 0.3) is 5.56 Å². The van der Waals surface area contributed by atoms with Gasteiger partial charge in [0.15, 0.2) is 11.5 Å². The monoisotopic (exact) mass is 608 g/mol. The first-order valence-corrected chi connectivity index (χ1v) is 12.7. The van der Waals surface area contributed by atoms with Gasteiger partial charge < -0.3 is 9.47 Å². The van der Waals surface area contributed by atoms with Crippen molar-refractivity contribution in [2.24, 2.45) is 5.10 Å². The third kappa shape index (κ3) is 5.35. The van der Waals surface area contributed by atoms with Crippen LogP contribution in [0.1, 0.15) is 42.3 Å². The number of ether oxygens (including phenoxy) is 2. The first kappa shape index (κ1) is 25.6. The van der Waals surface area contributed by atoms with Gasteiger partial charge in [-0.25, -0.2) is 4.98 Å². The fourth-order valence-electron chi connectivity index (χ4n) is 3.64. The zero-order chi connectivity index (χ0) is 25.8. The van der Waals surface area contributed by atoms with E-state index in [2.05, 4.69) is 48.0 Å². The summed E-state index contributed by atoms with van der Waals surface area (Å²) in [6, 6.07) is 18.5. The van der Waals surface area contributed by atoms with E-state index < -0.39 is 0 Å². The Morgan fingerprint density at radius 2 is 1.94 bits per heavy atom. The van der Waals surface area contributed by atoms with Crippen LogP contribution in [-0.4, -0.2) is 23.0 Å². The Kier molecular flexibility index (Phi) is 7.87. The van der Waals surface area contributed by atoms with Gasteiger partial charge in [-0.05, 0) is 57.9 Å². The molecule has 4 rings (SSSR count). The van der Waals surface area contributed by atoms with Crippen LogP contribution in [0.15, 0.2) is 73.4 Å². The Labute approximate surface area is 225 Å². The first-order valence-electron chi connectivity index (χ1n) is 11.1. The number of fused-ring (bicyclic) bond motifs is 1. The van der Waals surface area contributed by atoms with Gasteiger partial charge in [0.1, 0.15) is 12.4 Å². The second kappa shape index (κ2) is 11.1. The highest BCUT2D eigenvalue weighted by Gasteiger charge is 2.15. The second-order valence-corrected chi connectivity index (χ2v) is 10.0. The van der Waals surface area contributed by atoms with E-state index in [1.54, 1.807) is 31.5 Å². The lowest BCUT2D eigenvalue weighted by Gasteiger charge is -2.14. The normalized spacial score (nSPS) is 11.2. The smallest absolute Gasteiger partial charge is 0.282 e. The molecule has 0 saturated heterocycles.